The molecule has 1 rings (SSSR count). The van der Waals surface area contributed by atoms with Crippen LogP contribution in [0.4, 0.5) is 0 Å². The Morgan fingerprint density at radius 3 is 2.91 bits per heavy atom. The zero-order valence-corrected chi connectivity index (χ0v) is 5.91. The van der Waals surface area contributed by atoms with Crippen molar-refractivity contribution < 1.29 is 5.11 Å². The van der Waals surface area contributed by atoms with Gasteiger partial charge in [0, 0.05) is 24.0 Å². The van der Waals surface area contributed by atoms with Gasteiger partial charge in [0.1, 0.15) is 5.75 Å². The van der Waals surface area contributed by atoms with Gasteiger partial charge in [0.15, 0.2) is 0 Å². The van der Waals surface area contributed by atoms with E-state index in [-0.39, 0.29) is 12.2 Å². The first-order valence-corrected chi connectivity index (χ1v) is 3.24. The summed E-state index contributed by atoms with van der Waals surface area (Å²) in [7, 11) is 0. The summed E-state index contributed by atoms with van der Waals surface area (Å²) in [6, 6.07) is 1.54. The van der Waals surface area contributed by atoms with E-state index in [1.54, 1.807) is 6.20 Å². The van der Waals surface area contributed by atoms with Gasteiger partial charge in [-0.3, -0.25) is 0 Å². The maximum atomic E-state index is 9.13. The van der Waals surface area contributed by atoms with E-state index < -0.39 is 6.04 Å². The molecule has 0 radical (unpaired) electrons. The van der Waals surface area contributed by atoms with Gasteiger partial charge < -0.3 is 15.8 Å². The summed E-state index contributed by atoms with van der Waals surface area (Å²) < 4.78 is 0. The Labute approximate surface area is 64.3 Å². The fourth-order valence-corrected chi connectivity index (χ4v) is 0.873. The smallest absolute Gasteiger partial charge is 0.137 e. The molecule has 1 heterocycles. The van der Waals surface area contributed by atoms with Crippen LogP contribution in [0.25, 0.3) is 0 Å². The van der Waals surface area contributed by atoms with Crippen molar-refractivity contribution in [2.75, 3.05) is 0 Å². The van der Waals surface area contributed by atoms with Crippen molar-refractivity contribution in [3.63, 3.8) is 0 Å². The number of H-pyrrole nitrogens is 1. The molecule has 0 aliphatic rings. The van der Waals surface area contributed by atoms with Crippen LogP contribution in [0.3, 0.4) is 0 Å². The van der Waals surface area contributed by atoms with Crippen molar-refractivity contribution in [2.24, 2.45) is 5.73 Å². The van der Waals surface area contributed by atoms with Crippen LogP contribution in [-0.2, 0) is 0 Å². The first kappa shape index (κ1) is 7.63. The molecule has 0 bridgehead atoms. The van der Waals surface area contributed by atoms with E-state index in [0.717, 1.165) is 0 Å². The van der Waals surface area contributed by atoms with Gasteiger partial charge in [-0.05, 0) is 0 Å². The Morgan fingerprint density at radius 1 is 1.73 bits per heavy atom. The normalized spacial score (nSPS) is 12.4. The number of nitrogens with zero attached hydrogens (tertiary/aromatic N) is 1. The van der Waals surface area contributed by atoms with Crippen molar-refractivity contribution in [1.82, 2.24) is 4.98 Å². The van der Waals surface area contributed by atoms with Crippen LogP contribution in [0.5, 0.6) is 5.75 Å². The first-order valence-electron chi connectivity index (χ1n) is 3.24. The lowest BCUT2D eigenvalue weighted by Crippen LogP contribution is -2.08. The second-order valence-electron chi connectivity index (χ2n) is 2.26. The molecular weight excluding hydrogens is 142 g/mol. The number of nitrogens with one attached hydrogen (secondary N) is 1. The summed E-state index contributed by atoms with van der Waals surface area (Å²) in [5, 5.41) is 17.4. The summed E-state index contributed by atoms with van der Waals surface area (Å²) in [6.07, 6.45) is 3.25. The third kappa shape index (κ3) is 1.51. The molecule has 0 spiro atoms. The maximum Gasteiger partial charge on any atom is 0.137 e. The second kappa shape index (κ2) is 3.08. The minimum atomic E-state index is -0.397. The average Bonchev–Trinajstić information content (AvgIpc) is 2.36. The quantitative estimate of drug-likeness (QED) is 0.579. The van der Waals surface area contributed by atoms with E-state index in [1.807, 2.05) is 6.07 Å². The lowest BCUT2D eigenvalue weighted by Gasteiger charge is -2.03. The SMILES string of the molecule is N#CC[C@@H](N)c1c[nH]cc1O. The predicted molar refractivity (Wildman–Crippen MR) is 39.6 cm³/mol. The zero-order valence-electron chi connectivity index (χ0n) is 5.91. The predicted octanol–water partition coefficient (Wildman–Crippen LogP) is 0.634. The lowest BCUT2D eigenvalue weighted by molar-refractivity contribution is 0.464. The maximum absolute atomic E-state index is 9.13. The molecule has 0 aliphatic carbocycles. The van der Waals surface area contributed by atoms with Crippen molar-refractivity contribution in [3.8, 4) is 11.8 Å². The highest BCUT2D eigenvalue weighted by atomic mass is 16.3. The van der Waals surface area contributed by atoms with E-state index in [4.69, 9.17) is 16.1 Å². The van der Waals surface area contributed by atoms with E-state index in [9.17, 15) is 0 Å². The fourth-order valence-electron chi connectivity index (χ4n) is 0.873. The number of aromatic nitrogens is 1. The van der Waals surface area contributed by atoms with E-state index in [1.165, 1.54) is 6.20 Å². The Kier molecular flexibility index (Phi) is 2.14. The number of hydrogen-bond acceptors (Lipinski definition) is 3. The monoisotopic (exact) mass is 151 g/mol. The molecule has 11 heavy (non-hydrogen) atoms. The molecule has 0 aromatic carbocycles. The highest BCUT2D eigenvalue weighted by Gasteiger charge is 2.10. The van der Waals surface area contributed by atoms with Crippen molar-refractivity contribution in [1.29, 1.82) is 5.26 Å². The standard InChI is InChI=1S/C7H9N3O/c8-2-1-6(9)5-3-10-4-7(5)11/h3-4,6,10-11H,1,9H2/t6-/m1/s1. The van der Waals surface area contributed by atoms with Gasteiger partial charge in [0.25, 0.3) is 0 Å². The summed E-state index contributed by atoms with van der Waals surface area (Å²) >= 11 is 0. The molecule has 0 aliphatic heterocycles. The Hall–Kier alpha value is -1.47. The van der Waals surface area contributed by atoms with Crippen LogP contribution < -0.4 is 5.73 Å². The van der Waals surface area contributed by atoms with Gasteiger partial charge in [-0.1, -0.05) is 0 Å². The third-order valence-corrected chi connectivity index (χ3v) is 1.47. The molecule has 0 unspecified atom stereocenters. The molecule has 0 saturated heterocycles. The highest BCUT2D eigenvalue weighted by Crippen LogP contribution is 2.22. The average molecular weight is 151 g/mol. The van der Waals surface area contributed by atoms with Gasteiger partial charge in [0.05, 0.1) is 12.5 Å². The molecule has 0 fully saturated rings. The minimum Gasteiger partial charge on any atom is -0.506 e. The van der Waals surface area contributed by atoms with Crippen LogP contribution in [0.2, 0.25) is 0 Å². The topological polar surface area (TPSA) is 85.8 Å². The lowest BCUT2D eigenvalue weighted by atomic mass is 10.1. The number of aromatic hydroxyl groups is 1. The number of nitrogens with two attached hydrogens (primary N) is 1. The Bertz CT molecular complexity index is 273. The molecule has 58 valence electrons. The van der Waals surface area contributed by atoms with Crippen LogP contribution in [0.1, 0.15) is 18.0 Å². The van der Waals surface area contributed by atoms with Crippen LogP contribution in [0.15, 0.2) is 12.4 Å². The first-order chi connectivity index (χ1) is 5.25. The summed E-state index contributed by atoms with van der Waals surface area (Å²) in [5.74, 6) is 0.118. The number of hydrogen-bond donors (Lipinski definition) is 3. The summed E-state index contributed by atoms with van der Waals surface area (Å²) in [6.45, 7) is 0. The molecular formula is C7H9N3O. The Morgan fingerprint density at radius 2 is 2.45 bits per heavy atom. The third-order valence-electron chi connectivity index (χ3n) is 1.47. The molecule has 4 nitrogen and oxygen atoms in total. The van der Waals surface area contributed by atoms with Crippen molar-refractivity contribution >= 4 is 0 Å². The largest absolute Gasteiger partial charge is 0.506 e. The molecule has 4 heteroatoms. The molecule has 0 amide bonds. The molecule has 4 N–H and O–H groups in total. The molecule has 0 saturated carbocycles. The van der Waals surface area contributed by atoms with Crippen LogP contribution in [-0.4, -0.2) is 10.1 Å². The minimum absolute atomic E-state index is 0.118. The van der Waals surface area contributed by atoms with Gasteiger partial charge in [-0.15, -0.1) is 0 Å². The molecule has 1 atom stereocenters. The zero-order chi connectivity index (χ0) is 8.27. The van der Waals surface area contributed by atoms with Gasteiger partial charge in [0.2, 0.25) is 0 Å². The highest BCUT2D eigenvalue weighted by molar-refractivity contribution is 5.31. The van der Waals surface area contributed by atoms with E-state index in [2.05, 4.69) is 4.98 Å². The van der Waals surface area contributed by atoms with Gasteiger partial charge >= 0.3 is 0 Å². The van der Waals surface area contributed by atoms with Gasteiger partial charge in [-0.25, -0.2) is 0 Å². The van der Waals surface area contributed by atoms with Crippen molar-refractivity contribution in [2.45, 2.75) is 12.5 Å². The fraction of sp³-hybridized carbons (Fsp3) is 0.286. The van der Waals surface area contributed by atoms with Crippen LogP contribution in [0, 0.1) is 11.3 Å². The number of aromatic amines is 1. The summed E-state index contributed by atoms with van der Waals surface area (Å²) in [4.78, 5) is 2.70. The molecule has 1 aromatic heterocycles. The molecule has 1 aromatic rings. The number of nitriles is 1. The number of rotatable bonds is 2. The summed E-state index contributed by atoms with van der Waals surface area (Å²) in [5.41, 5.74) is 6.14. The second-order valence-corrected chi connectivity index (χ2v) is 2.26. The van der Waals surface area contributed by atoms with E-state index >= 15 is 0 Å². The van der Waals surface area contributed by atoms with E-state index in [0.29, 0.717) is 5.56 Å². The van der Waals surface area contributed by atoms with Crippen LogP contribution >= 0.6 is 0 Å². The van der Waals surface area contributed by atoms with Crippen molar-refractivity contribution in [3.05, 3.63) is 18.0 Å². The van der Waals surface area contributed by atoms with Gasteiger partial charge in [-0.2, -0.15) is 5.26 Å². The Balaban J connectivity index is 2.77.